The topological polar surface area (TPSA) is 110 Å². The van der Waals surface area contributed by atoms with Gasteiger partial charge in [0.15, 0.2) is 0 Å². The Balaban J connectivity index is 1.17. The summed E-state index contributed by atoms with van der Waals surface area (Å²) in [5.74, 6) is 2.75. The maximum absolute atomic E-state index is 13.6. The van der Waals surface area contributed by atoms with Crippen LogP contribution in [-0.2, 0) is 19.4 Å². The average molecular weight is 561 g/mol. The minimum atomic E-state index is 0.0270. The summed E-state index contributed by atoms with van der Waals surface area (Å²) in [5, 5.41) is 0. The van der Waals surface area contributed by atoms with Crippen LogP contribution in [0.3, 0.4) is 0 Å². The number of nitrogens with one attached hydrogen (secondary N) is 2. The number of likely N-dealkylation sites (tertiary alicyclic amines) is 2. The largest absolute Gasteiger partial charge is 0.349 e. The molecule has 222 valence electrons. The number of amides is 1. The number of benzene rings is 1. The number of carbonyl (C=O) groups is 1. The monoisotopic (exact) mass is 560 g/mol. The Morgan fingerprint density at radius 2 is 1.59 bits per heavy atom. The molecule has 2 aliphatic heterocycles. The van der Waals surface area contributed by atoms with E-state index in [1.54, 1.807) is 12.4 Å². The maximum Gasteiger partial charge on any atom is 0.253 e. The van der Waals surface area contributed by atoms with Gasteiger partial charge >= 0.3 is 0 Å². The van der Waals surface area contributed by atoms with Gasteiger partial charge in [0.1, 0.15) is 11.6 Å². The van der Waals surface area contributed by atoms with Crippen molar-refractivity contribution < 1.29 is 4.79 Å². The van der Waals surface area contributed by atoms with Crippen molar-refractivity contribution in [3.63, 3.8) is 0 Å². The molecule has 1 amide bonds. The third-order valence-electron chi connectivity index (χ3n) is 8.90. The number of hydrogen-bond acceptors (Lipinski definition) is 6. The molecule has 3 aromatic rings. The zero-order valence-corrected chi connectivity index (χ0v) is 24.9. The van der Waals surface area contributed by atoms with E-state index in [1.165, 1.54) is 57.5 Å². The molecule has 4 heterocycles. The van der Waals surface area contributed by atoms with Gasteiger partial charge in [-0.15, -0.1) is 0 Å². The van der Waals surface area contributed by atoms with Gasteiger partial charge in [0.2, 0.25) is 0 Å². The van der Waals surface area contributed by atoms with E-state index in [4.69, 9.17) is 5.73 Å². The Bertz CT molecular complexity index is 1150. The van der Waals surface area contributed by atoms with E-state index in [2.05, 4.69) is 55.7 Å². The molecule has 0 bridgehead atoms. The van der Waals surface area contributed by atoms with E-state index in [-0.39, 0.29) is 11.8 Å². The van der Waals surface area contributed by atoms with Crippen LogP contribution in [-0.4, -0.2) is 92.9 Å². The van der Waals surface area contributed by atoms with E-state index >= 15 is 0 Å². The van der Waals surface area contributed by atoms with Gasteiger partial charge in [0.05, 0.1) is 0 Å². The minimum absolute atomic E-state index is 0.0270. The molecule has 2 fully saturated rings. The van der Waals surface area contributed by atoms with Gasteiger partial charge in [-0.1, -0.05) is 26.0 Å². The summed E-state index contributed by atoms with van der Waals surface area (Å²) in [7, 11) is 0. The lowest BCUT2D eigenvalue weighted by Gasteiger charge is -2.40. The normalized spacial score (nSPS) is 17.7. The first-order valence-corrected chi connectivity index (χ1v) is 15.4. The van der Waals surface area contributed by atoms with Crippen molar-refractivity contribution >= 4 is 5.91 Å². The second-order valence-electron chi connectivity index (χ2n) is 12.7. The average Bonchev–Trinajstić information content (AvgIpc) is 3.74. The first-order chi connectivity index (χ1) is 19.9. The molecule has 2 aromatic heterocycles. The predicted octanol–water partition coefficient (Wildman–Crippen LogP) is 3.58. The molecule has 0 aliphatic carbocycles. The lowest BCUT2D eigenvalue weighted by atomic mass is 9.77. The van der Waals surface area contributed by atoms with Gasteiger partial charge < -0.3 is 25.5 Å². The highest BCUT2D eigenvalue weighted by Crippen LogP contribution is 2.41. The Labute approximate surface area is 244 Å². The summed E-state index contributed by atoms with van der Waals surface area (Å²) in [4.78, 5) is 36.0. The minimum Gasteiger partial charge on any atom is -0.349 e. The van der Waals surface area contributed by atoms with Gasteiger partial charge in [0, 0.05) is 82.5 Å². The van der Waals surface area contributed by atoms with E-state index < -0.39 is 0 Å². The standard InChI is InChI=1S/C32H48N8O/c1-25(2)21-38-15-7-32(8-16-38)9-17-39(24-32)22-26-3-5-28(6-4-26)31(41)40(18-10-33)23-27(19-29-34-11-12-35-29)20-30-36-13-14-37-30/h3-6,11-14,25,27H,7-10,15-24,33H2,1-2H3,(H,34,35)(H,36,37). The van der Waals surface area contributed by atoms with Crippen LogP contribution in [0.2, 0.25) is 0 Å². The van der Waals surface area contributed by atoms with Gasteiger partial charge in [-0.3, -0.25) is 9.69 Å². The van der Waals surface area contributed by atoms with E-state index in [0.29, 0.717) is 30.6 Å². The number of nitrogens with zero attached hydrogens (tertiary/aromatic N) is 5. The molecule has 4 N–H and O–H groups in total. The van der Waals surface area contributed by atoms with E-state index in [9.17, 15) is 4.79 Å². The molecular formula is C32H48N8O. The molecule has 0 radical (unpaired) electrons. The van der Waals surface area contributed by atoms with Crippen LogP contribution in [0.1, 0.15) is 60.7 Å². The molecule has 9 heteroatoms. The SMILES string of the molecule is CC(C)CN1CCC2(CC1)CCN(Cc1ccc(C(=O)N(CCN)CC(Cc3ncc[nH]3)Cc3ncc[nH]3)cc1)C2. The molecular weight excluding hydrogens is 512 g/mol. The van der Waals surface area contributed by atoms with Crippen LogP contribution in [0, 0.1) is 17.3 Å². The fourth-order valence-corrected chi connectivity index (χ4v) is 6.80. The molecule has 2 saturated heterocycles. The van der Waals surface area contributed by atoms with Crippen molar-refractivity contribution in [2.45, 2.75) is 52.5 Å². The predicted molar refractivity (Wildman–Crippen MR) is 162 cm³/mol. The second-order valence-corrected chi connectivity index (χ2v) is 12.7. The van der Waals surface area contributed by atoms with Crippen molar-refractivity contribution in [2.75, 3.05) is 52.4 Å². The summed E-state index contributed by atoms with van der Waals surface area (Å²) in [5.41, 5.74) is 8.44. The first kappa shape index (κ1) is 29.5. The fourth-order valence-electron chi connectivity index (χ4n) is 6.80. The van der Waals surface area contributed by atoms with Crippen LogP contribution in [0.15, 0.2) is 49.1 Å². The number of nitrogens with two attached hydrogens (primary N) is 1. The number of aromatic amines is 2. The molecule has 1 spiro atoms. The van der Waals surface area contributed by atoms with E-state index in [0.717, 1.165) is 37.0 Å². The number of imidazole rings is 2. The van der Waals surface area contributed by atoms with Crippen molar-refractivity contribution in [1.82, 2.24) is 34.6 Å². The van der Waals surface area contributed by atoms with Crippen LogP contribution in [0.5, 0.6) is 0 Å². The van der Waals surface area contributed by atoms with Crippen LogP contribution < -0.4 is 5.73 Å². The van der Waals surface area contributed by atoms with Crippen LogP contribution in [0.25, 0.3) is 0 Å². The van der Waals surface area contributed by atoms with Gasteiger partial charge in [-0.25, -0.2) is 9.97 Å². The Morgan fingerprint density at radius 1 is 0.976 bits per heavy atom. The molecule has 41 heavy (non-hydrogen) atoms. The summed E-state index contributed by atoms with van der Waals surface area (Å²) in [6.07, 6.45) is 12.6. The molecule has 0 unspecified atom stereocenters. The third kappa shape index (κ3) is 8.05. The smallest absolute Gasteiger partial charge is 0.253 e. The second kappa shape index (κ2) is 13.8. The highest BCUT2D eigenvalue weighted by Gasteiger charge is 2.40. The molecule has 0 atom stereocenters. The van der Waals surface area contributed by atoms with Gasteiger partial charge in [0.25, 0.3) is 5.91 Å². The number of rotatable bonds is 13. The maximum atomic E-state index is 13.6. The summed E-state index contributed by atoms with van der Waals surface area (Å²) >= 11 is 0. The van der Waals surface area contributed by atoms with Gasteiger partial charge in [-0.05, 0) is 73.8 Å². The molecule has 1 aromatic carbocycles. The Kier molecular flexibility index (Phi) is 9.90. The number of piperidine rings is 1. The lowest BCUT2D eigenvalue weighted by molar-refractivity contribution is 0.0731. The Hall–Kier alpha value is -3.01. The van der Waals surface area contributed by atoms with E-state index in [1.807, 2.05) is 29.4 Å². The highest BCUT2D eigenvalue weighted by atomic mass is 16.2. The quantitative estimate of drug-likeness (QED) is 0.295. The Morgan fingerprint density at radius 3 is 2.12 bits per heavy atom. The zero-order valence-electron chi connectivity index (χ0n) is 24.9. The van der Waals surface area contributed by atoms with Crippen molar-refractivity contribution in [3.8, 4) is 0 Å². The fraction of sp³-hybridized carbons (Fsp3) is 0.594. The number of hydrogen-bond donors (Lipinski definition) is 3. The van der Waals surface area contributed by atoms with Crippen molar-refractivity contribution in [1.29, 1.82) is 0 Å². The highest BCUT2D eigenvalue weighted by molar-refractivity contribution is 5.94. The molecule has 2 aliphatic rings. The summed E-state index contributed by atoms with van der Waals surface area (Å²) in [6.45, 7) is 13.2. The van der Waals surface area contributed by atoms with Crippen molar-refractivity contribution in [2.24, 2.45) is 23.0 Å². The molecule has 9 nitrogen and oxygen atoms in total. The van der Waals surface area contributed by atoms with Crippen LogP contribution >= 0.6 is 0 Å². The molecule has 5 rings (SSSR count). The number of aromatic nitrogens is 4. The zero-order chi connectivity index (χ0) is 28.7. The summed E-state index contributed by atoms with van der Waals surface area (Å²) in [6, 6.07) is 8.25. The lowest BCUT2D eigenvalue weighted by Crippen LogP contribution is -2.42. The number of H-pyrrole nitrogens is 2. The third-order valence-corrected chi connectivity index (χ3v) is 8.90. The van der Waals surface area contributed by atoms with Crippen molar-refractivity contribution in [3.05, 3.63) is 71.8 Å². The number of carbonyl (C=O) groups excluding carboxylic acids is 1. The first-order valence-electron chi connectivity index (χ1n) is 15.4. The molecule has 0 saturated carbocycles. The van der Waals surface area contributed by atoms with Gasteiger partial charge in [-0.2, -0.15) is 0 Å². The van der Waals surface area contributed by atoms with Crippen LogP contribution in [0.4, 0.5) is 0 Å². The summed E-state index contributed by atoms with van der Waals surface area (Å²) < 4.78 is 0.